The normalized spacial score (nSPS) is 14.1. The number of carbonyl (C=O) groups is 1. The molecule has 0 bridgehead atoms. The molecule has 64 valence electrons. The Morgan fingerprint density at radius 3 is 2.55 bits per heavy atom. The molecular weight excluding hydrogens is 142 g/mol. The molecule has 0 spiro atoms. The largest absolute Gasteiger partial charge is 0.481 e. The minimum atomic E-state index is -0.869. The molecule has 0 heterocycles. The van der Waals surface area contributed by atoms with Crippen LogP contribution in [0.25, 0.3) is 0 Å². The summed E-state index contributed by atoms with van der Waals surface area (Å²) in [5, 5.41) is 8.72. The van der Waals surface area contributed by atoms with Gasteiger partial charge in [0.1, 0.15) is 0 Å². The zero-order valence-electron chi connectivity index (χ0n) is 7.00. The Balaban J connectivity index is 4.28. The molecule has 0 saturated carbocycles. The SMILES string of the molecule is C=CCC(N)C(C)(C)C(=O)O. The monoisotopic (exact) mass is 157 g/mol. The topological polar surface area (TPSA) is 63.3 Å². The molecule has 0 aliphatic heterocycles. The molecule has 1 unspecified atom stereocenters. The van der Waals surface area contributed by atoms with E-state index in [0.717, 1.165) is 0 Å². The van der Waals surface area contributed by atoms with Gasteiger partial charge in [0.2, 0.25) is 0 Å². The number of hydrogen-bond donors (Lipinski definition) is 2. The average molecular weight is 157 g/mol. The van der Waals surface area contributed by atoms with E-state index in [0.29, 0.717) is 6.42 Å². The van der Waals surface area contributed by atoms with Gasteiger partial charge in [-0.3, -0.25) is 4.79 Å². The van der Waals surface area contributed by atoms with Crippen molar-refractivity contribution < 1.29 is 9.90 Å². The highest BCUT2D eigenvalue weighted by Crippen LogP contribution is 2.21. The van der Waals surface area contributed by atoms with E-state index in [2.05, 4.69) is 6.58 Å². The number of rotatable bonds is 4. The molecule has 0 fully saturated rings. The molecule has 3 N–H and O–H groups in total. The van der Waals surface area contributed by atoms with Crippen LogP contribution in [0.3, 0.4) is 0 Å². The van der Waals surface area contributed by atoms with Gasteiger partial charge in [-0.05, 0) is 20.3 Å². The second-order valence-electron chi connectivity index (χ2n) is 3.16. The second kappa shape index (κ2) is 3.53. The predicted molar refractivity (Wildman–Crippen MR) is 44.2 cm³/mol. The quantitative estimate of drug-likeness (QED) is 0.598. The number of carboxylic acid groups (broad SMARTS) is 1. The van der Waals surface area contributed by atoms with E-state index in [1.807, 2.05) is 0 Å². The highest BCUT2D eigenvalue weighted by molar-refractivity contribution is 5.74. The van der Waals surface area contributed by atoms with E-state index in [9.17, 15) is 4.79 Å². The highest BCUT2D eigenvalue weighted by Gasteiger charge is 2.33. The van der Waals surface area contributed by atoms with Crippen molar-refractivity contribution in [2.75, 3.05) is 0 Å². The van der Waals surface area contributed by atoms with Gasteiger partial charge in [-0.1, -0.05) is 6.08 Å². The first-order chi connectivity index (χ1) is 4.92. The lowest BCUT2D eigenvalue weighted by Gasteiger charge is -2.25. The molecule has 3 nitrogen and oxygen atoms in total. The van der Waals surface area contributed by atoms with Gasteiger partial charge in [0.05, 0.1) is 5.41 Å². The third kappa shape index (κ3) is 2.35. The summed E-state index contributed by atoms with van der Waals surface area (Å²) in [5.74, 6) is -0.869. The van der Waals surface area contributed by atoms with Crippen molar-refractivity contribution >= 4 is 5.97 Å². The summed E-state index contributed by atoms with van der Waals surface area (Å²) in [6, 6.07) is -0.363. The summed E-state index contributed by atoms with van der Waals surface area (Å²) in [6.07, 6.45) is 2.16. The summed E-state index contributed by atoms with van der Waals surface area (Å²) < 4.78 is 0. The zero-order valence-corrected chi connectivity index (χ0v) is 7.00. The lowest BCUT2D eigenvalue weighted by molar-refractivity contribution is -0.148. The number of hydrogen-bond acceptors (Lipinski definition) is 2. The van der Waals surface area contributed by atoms with Crippen LogP contribution in [0.1, 0.15) is 20.3 Å². The summed E-state index contributed by atoms with van der Waals surface area (Å²) in [5.41, 5.74) is 4.74. The molecule has 0 amide bonds. The van der Waals surface area contributed by atoms with Gasteiger partial charge in [-0.25, -0.2) is 0 Å². The van der Waals surface area contributed by atoms with Crippen LogP contribution in [0.15, 0.2) is 12.7 Å². The molecule has 0 saturated heterocycles. The molecule has 3 heteroatoms. The van der Waals surface area contributed by atoms with E-state index < -0.39 is 11.4 Å². The van der Waals surface area contributed by atoms with Gasteiger partial charge in [0.25, 0.3) is 0 Å². The number of carboxylic acids is 1. The van der Waals surface area contributed by atoms with Crippen molar-refractivity contribution in [3.05, 3.63) is 12.7 Å². The van der Waals surface area contributed by atoms with Crippen LogP contribution >= 0.6 is 0 Å². The van der Waals surface area contributed by atoms with Crippen molar-refractivity contribution in [1.82, 2.24) is 0 Å². The third-order valence-corrected chi connectivity index (χ3v) is 1.90. The van der Waals surface area contributed by atoms with Crippen LogP contribution in [0, 0.1) is 5.41 Å². The Hall–Kier alpha value is -0.830. The van der Waals surface area contributed by atoms with Crippen LogP contribution in [0.4, 0.5) is 0 Å². The van der Waals surface area contributed by atoms with Gasteiger partial charge in [-0.2, -0.15) is 0 Å². The Bertz CT molecular complexity index is 163. The van der Waals surface area contributed by atoms with Gasteiger partial charge in [-0.15, -0.1) is 6.58 Å². The smallest absolute Gasteiger partial charge is 0.310 e. The van der Waals surface area contributed by atoms with E-state index in [-0.39, 0.29) is 6.04 Å². The predicted octanol–water partition coefficient (Wildman–Crippen LogP) is 1.00. The molecule has 11 heavy (non-hydrogen) atoms. The Morgan fingerprint density at radius 1 is 1.82 bits per heavy atom. The molecule has 0 aromatic carbocycles. The third-order valence-electron chi connectivity index (χ3n) is 1.90. The van der Waals surface area contributed by atoms with Crippen LogP contribution in [0.5, 0.6) is 0 Å². The van der Waals surface area contributed by atoms with E-state index >= 15 is 0 Å². The van der Waals surface area contributed by atoms with Crippen LogP contribution in [-0.2, 0) is 4.79 Å². The first-order valence-electron chi connectivity index (χ1n) is 3.52. The fourth-order valence-electron chi connectivity index (χ4n) is 0.633. The molecule has 0 radical (unpaired) electrons. The maximum atomic E-state index is 10.6. The summed E-state index contributed by atoms with van der Waals surface area (Å²) in [4.78, 5) is 10.6. The van der Waals surface area contributed by atoms with Gasteiger partial charge < -0.3 is 10.8 Å². The molecular formula is C8H15NO2. The molecule has 0 rings (SSSR count). The first-order valence-corrected chi connectivity index (χ1v) is 3.52. The molecule has 0 aliphatic carbocycles. The molecule has 0 aromatic rings. The minimum Gasteiger partial charge on any atom is -0.481 e. The van der Waals surface area contributed by atoms with Gasteiger partial charge >= 0.3 is 5.97 Å². The van der Waals surface area contributed by atoms with Crippen molar-refractivity contribution in [2.24, 2.45) is 11.1 Å². The lowest BCUT2D eigenvalue weighted by Crippen LogP contribution is -2.42. The zero-order chi connectivity index (χ0) is 9.07. The van der Waals surface area contributed by atoms with Crippen molar-refractivity contribution in [3.63, 3.8) is 0 Å². The number of nitrogens with two attached hydrogens (primary N) is 1. The van der Waals surface area contributed by atoms with Crippen molar-refractivity contribution in [1.29, 1.82) is 0 Å². The first kappa shape index (κ1) is 10.2. The fourth-order valence-corrected chi connectivity index (χ4v) is 0.633. The van der Waals surface area contributed by atoms with Gasteiger partial charge in [0.15, 0.2) is 0 Å². The summed E-state index contributed by atoms with van der Waals surface area (Å²) in [7, 11) is 0. The van der Waals surface area contributed by atoms with Crippen molar-refractivity contribution in [3.8, 4) is 0 Å². The van der Waals surface area contributed by atoms with E-state index in [1.165, 1.54) is 0 Å². The molecule has 0 aliphatic rings. The van der Waals surface area contributed by atoms with Gasteiger partial charge in [0, 0.05) is 6.04 Å². The fraction of sp³-hybridized carbons (Fsp3) is 0.625. The van der Waals surface area contributed by atoms with Crippen LogP contribution in [0.2, 0.25) is 0 Å². The lowest BCUT2D eigenvalue weighted by atomic mass is 9.83. The minimum absolute atomic E-state index is 0.363. The average Bonchev–Trinajstić information content (AvgIpc) is 1.88. The maximum Gasteiger partial charge on any atom is 0.310 e. The van der Waals surface area contributed by atoms with Crippen LogP contribution in [-0.4, -0.2) is 17.1 Å². The molecule has 0 aromatic heterocycles. The van der Waals surface area contributed by atoms with E-state index in [4.69, 9.17) is 10.8 Å². The number of aliphatic carboxylic acids is 1. The Morgan fingerprint density at radius 2 is 2.27 bits per heavy atom. The summed E-state index contributed by atoms with van der Waals surface area (Å²) in [6.45, 7) is 6.73. The van der Waals surface area contributed by atoms with Crippen molar-refractivity contribution in [2.45, 2.75) is 26.3 Å². The van der Waals surface area contributed by atoms with Crippen LogP contribution < -0.4 is 5.73 Å². The van der Waals surface area contributed by atoms with E-state index in [1.54, 1.807) is 19.9 Å². The molecule has 1 atom stereocenters. The second-order valence-corrected chi connectivity index (χ2v) is 3.16. The standard InChI is InChI=1S/C8H15NO2/c1-4-5-6(9)8(2,3)7(10)11/h4,6H,1,5,9H2,2-3H3,(H,10,11). The highest BCUT2D eigenvalue weighted by atomic mass is 16.4. The maximum absolute atomic E-state index is 10.6. The summed E-state index contributed by atoms with van der Waals surface area (Å²) >= 11 is 0. The Kier molecular flexibility index (Phi) is 3.26. The Labute approximate surface area is 66.9 Å².